The number of aromatic nitrogens is 3. The van der Waals surface area contributed by atoms with E-state index in [0.29, 0.717) is 32.6 Å². The number of fused-ring (bicyclic) bond motifs is 1. The average Bonchev–Trinajstić information content (AvgIpc) is 2.78. The molecule has 4 heterocycles. The predicted octanol–water partition coefficient (Wildman–Crippen LogP) is 2.42. The van der Waals surface area contributed by atoms with Crippen molar-refractivity contribution in [3.05, 3.63) is 54.4 Å². The number of pyridine rings is 1. The number of ether oxygens (including phenoxy) is 2. The molecule has 2 saturated heterocycles. The SMILES string of the molecule is O=C(CCc1cncnc1)N1CCC2OCCCC2(COCc2ccncc2)C1. The van der Waals surface area contributed by atoms with Crippen molar-refractivity contribution in [3.8, 4) is 0 Å². The molecule has 2 atom stereocenters. The summed E-state index contributed by atoms with van der Waals surface area (Å²) in [4.78, 5) is 27.0. The van der Waals surface area contributed by atoms with E-state index in [9.17, 15) is 4.79 Å². The van der Waals surface area contributed by atoms with E-state index in [-0.39, 0.29) is 17.4 Å². The smallest absolute Gasteiger partial charge is 0.222 e. The lowest BCUT2D eigenvalue weighted by atomic mass is 9.73. The van der Waals surface area contributed by atoms with Gasteiger partial charge in [0.25, 0.3) is 0 Å². The maximum atomic E-state index is 12.9. The summed E-state index contributed by atoms with van der Waals surface area (Å²) in [6, 6.07) is 3.94. The Labute approximate surface area is 171 Å². The first-order valence-electron chi connectivity index (χ1n) is 10.4. The van der Waals surface area contributed by atoms with Gasteiger partial charge in [-0.1, -0.05) is 0 Å². The molecule has 0 aromatic carbocycles. The molecule has 4 rings (SSSR count). The van der Waals surface area contributed by atoms with Crippen molar-refractivity contribution in [1.29, 1.82) is 0 Å². The quantitative estimate of drug-likeness (QED) is 0.715. The Morgan fingerprint density at radius 2 is 2.03 bits per heavy atom. The number of nitrogens with zero attached hydrogens (tertiary/aromatic N) is 4. The molecule has 0 bridgehead atoms. The molecule has 29 heavy (non-hydrogen) atoms. The standard InChI is InChI=1S/C22H28N4O3/c27-21(3-2-19-12-24-17-25-13-19)26-10-6-20-22(15-26,7-1-11-29-20)16-28-14-18-4-8-23-9-5-18/h4-5,8-9,12-13,17,20H,1-3,6-7,10-11,14-16H2. The molecule has 2 aliphatic heterocycles. The number of carbonyl (C=O) groups excluding carboxylic acids is 1. The monoisotopic (exact) mass is 396 g/mol. The van der Waals surface area contributed by atoms with E-state index >= 15 is 0 Å². The number of amides is 1. The van der Waals surface area contributed by atoms with Crippen molar-refractivity contribution >= 4 is 5.91 Å². The van der Waals surface area contributed by atoms with Gasteiger partial charge in [-0.3, -0.25) is 9.78 Å². The highest BCUT2D eigenvalue weighted by molar-refractivity contribution is 5.76. The van der Waals surface area contributed by atoms with Gasteiger partial charge >= 0.3 is 0 Å². The van der Waals surface area contributed by atoms with Gasteiger partial charge in [-0.05, 0) is 48.9 Å². The first-order valence-corrected chi connectivity index (χ1v) is 10.4. The fourth-order valence-corrected chi connectivity index (χ4v) is 4.43. The van der Waals surface area contributed by atoms with Crippen LogP contribution in [0, 0.1) is 5.41 Å². The molecule has 0 saturated carbocycles. The van der Waals surface area contributed by atoms with Crippen molar-refractivity contribution in [3.63, 3.8) is 0 Å². The summed E-state index contributed by atoms with van der Waals surface area (Å²) in [5, 5.41) is 0. The van der Waals surface area contributed by atoms with Crippen LogP contribution in [0.15, 0.2) is 43.2 Å². The lowest BCUT2D eigenvalue weighted by Gasteiger charge is -2.50. The number of carbonyl (C=O) groups is 1. The summed E-state index contributed by atoms with van der Waals surface area (Å²) in [5.41, 5.74) is 1.99. The molecule has 0 radical (unpaired) electrons. The Balaban J connectivity index is 1.36. The second kappa shape index (κ2) is 9.41. The van der Waals surface area contributed by atoms with Crippen molar-refractivity contribution in [2.24, 2.45) is 5.41 Å². The fraction of sp³-hybridized carbons (Fsp3) is 0.545. The van der Waals surface area contributed by atoms with Gasteiger partial charge in [-0.2, -0.15) is 0 Å². The van der Waals surface area contributed by atoms with E-state index in [1.165, 1.54) is 6.33 Å². The van der Waals surface area contributed by atoms with E-state index in [2.05, 4.69) is 15.0 Å². The Hall–Kier alpha value is -2.38. The predicted molar refractivity (Wildman–Crippen MR) is 107 cm³/mol. The van der Waals surface area contributed by atoms with Crippen LogP contribution in [0.5, 0.6) is 0 Å². The van der Waals surface area contributed by atoms with Crippen LogP contribution in [-0.2, 0) is 27.3 Å². The third kappa shape index (κ3) is 4.97. The molecule has 7 nitrogen and oxygen atoms in total. The number of hydrogen-bond donors (Lipinski definition) is 0. The molecule has 2 aromatic rings. The summed E-state index contributed by atoms with van der Waals surface area (Å²) >= 11 is 0. The topological polar surface area (TPSA) is 77.4 Å². The zero-order chi connectivity index (χ0) is 19.9. The van der Waals surface area contributed by atoms with Gasteiger partial charge < -0.3 is 14.4 Å². The van der Waals surface area contributed by atoms with Gasteiger partial charge in [0.2, 0.25) is 5.91 Å². The van der Waals surface area contributed by atoms with Gasteiger partial charge in [0.15, 0.2) is 0 Å². The Morgan fingerprint density at radius 1 is 1.21 bits per heavy atom. The van der Waals surface area contributed by atoms with Crippen molar-refractivity contribution in [1.82, 2.24) is 19.9 Å². The van der Waals surface area contributed by atoms with Gasteiger partial charge in [-0.15, -0.1) is 0 Å². The maximum absolute atomic E-state index is 12.9. The zero-order valence-electron chi connectivity index (χ0n) is 16.7. The molecule has 1 amide bonds. The van der Waals surface area contributed by atoms with Crippen molar-refractivity contribution < 1.29 is 14.3 Å². The third-order valence-corrected chi connectivity index (χ3v) is 5.99. The van der Waals surface area contributed by atoms with Crippen LogP contribution in [-0.4, -0.2) is 58.2 Å². The molecule has 2 fully saturated rings. The highest BCUT2D eigenvalue weighted by Crippen LogP contribution is 2.40. The summed E-state index contributed by atoms with van der Waals surface area (Å²) in [7, 11) is 0. The second-order valence-electron chi connectivity index (χ2n) is 8.02. The van der Waals surface area contributed by atoms with Gasteiger partial charge in [-0.25, -0.2) is 9.97 Å². The first-order chi connectivity index (χ1) is 14.3. The average molecular weight is 396 g/mol. The number of hydrogen-bond acceptors (Lipinski definition) is 6. The fourth-order valence-electron chi connectivity index (χ4n) is 4.43. The lowest BCUT2D eigenvalue weighted by Crippen LogP contribution is -2.58. The molecule has 2 unspecified atom stereocenters. The van der Waals surface area contributed by atoms with Crippen LogP contribution in [0.1, 0.15) is 36.8 Å². The molecule has 2 aliphatic rings. The van der Waals surface area contributed by atoms with Crippen LogP contribution < -0.4 is 0 Å². The van der Waals surface area contributed by atoms with Gasteiger partial charge in [0, 0.05) is 56.3 Å². The first kappa shape index (κ1) is 19.9. The molecule has 7 heteroatoms. The maximum Gasteiger partial charge on any atom is 0.222 e. The van der Waals surface area contributed by atoms with Crippen LogP contribution in [0.25, 0.3) is 0 Å². The van der Waals surface area contributed by atoms with E-state index in [1.54, 1.807) is 24.8 Å². The largest absolute Gasteiger partial charge is 0.377 e. The number of aryl methyl sites for hydroxylation is 1. The van der Waals surface area contributed by atoms with Crippen LogP contribution in [0.3, 0.4) is 0 Å². The molecule has 154 valence electrons. The Bertz CT molecular complexity index is 789. The third-order valence-electron chi connectivity index (χ3n) is 5.99. The van der Waals surface area contributed by atoms with Crippen LogP contribution in [0.2, 0.25) is 0 Å². The number of piperidine rings is 1. The van der Waals surface area contributed by atoms with E-state index < -0.39 is 0 Å². The van der Waals surface area contributed by atoms with E-state index in [4.69, 9.17) is 9.47 Å². The summed E-state index contributed by atoms with van der Waals surface area (Å²) in [5.74, 6) is 0.186. The Morgan fingerprint density at radius 3 is 2.86 bits per heavy atom. The Kier molecular flexibility index (Phi) is 6.46. The zero-order valence-corrected chi connectivity index (χ0v) is 16.7. The van der Waals surface area contributed by atoms with Crippen molar-refractivity contribution in [2.45, 2.75) is 44.8 Å². The van der Waals surface area contributed by atoms with E-state index in [1.807, 2.05) is 17.0 Å². The lowest BCUT2D eigenvalue weighted by molar-refractivity contribution is -0.166. The minimum absolute atomic E-state index is 0.116. The number of rotatable bonds is 7. The highest BCUT2D eigenvalue weighted by Gasteiger charge is 2.47. The molecule has 0 spiro atoms. The summed E-state index contributed by atoms with van der Waals surface area (Å²) in [6.07, 6.45) is 12.8. The summed E-state index contributed by atoms with van der Waals surface area (Å²) < 4.78 is 12.2. The van der Waals surface area contributed by atoms with Gasteiger partial charge in [0.05, 0.1) is 19.3 Å². The van der Waals surface area contributed by atoms with Crippen LogP contribution in [0.4, 0.5) is 0 Å². The van der Waals surface area contributed by atoms with E-state index in [0.717, 1.165) is 43.5 Å². The normalized spacial score (nSPS) is 24.1. The molecule has 0 N–H and O–H groups in total. The summed E-state index contributed by atoms with van der Waals surface area (Å²) in [6.45, 7) is 3.42. The molecule has 0 aliphatic carbocycles. The number of likely N-dealkylation sites (tertiary alicyclic amines) is 1. The minimum atomic E-state index is -0.116. The van der Waals surface area contributed by atoms with Crippen LogP contribution >= 0.6 is 0 Å². The molecule has 2 aromatic heterocycles. The molecular weight excluding hydrogens is 368 g/mol. The second-order valence-corrected chi connectivity index (χ2v) is 8.02. The van der Waals surface area contributed by atoms with Crippen molar-refractivity contribution in [2.75, 3.05) is 26.3 Å². The highest BCUT2D eigenvalue weighted by atomic mass is 16.5. The minimum Gasteiger partial charge on any atom is -0.377 e. The van der Waals surface area contributed by atoms with Gasteiger partial charge in [0.1, 0.15) is 6.33 Å². The molecular formula is C22H28N4O3.